The summed E-state index contributed by atoms with van der Waals surface area (Å²) in [6.07, 6.45) is 6.13. The molecule has 0 spiro atoms. The minimum absolute atomic E-state index is 0.206. The molecule has 0 aliphatic carbocycles. The van der Waals surface area contributed by atoms with Gasteiger partial charge in [0.1, 0.15) is 23.6 Å². The number of fused-ring (bicyclic) bond motifs is 4. The molecule has 9 heteroatoms. The highest BCUT2D eigenvalue weighted by Gasteiger charge is 2.34. The molecule has 8 rings (SSSR count). The molecule has 3 atom stereocenters. The van der Waals surface area contributed by atoms with E-state index >= 15 is 4.39 Å². The van der Waals surface area contributed by atoms with Gasteiger partial charge in [-0.05, 0) is 49.2 Å². The summed E-state index contributed by atoms with van der Waals surface area (Å²) in [5.74, 6) is 0.193. The molecule has 3 saturated heterocycles. The van der Waals surface area contributed by atoms with Crippen molar-refractivity contribution in [1.82, 2.24) is 25.2 Å². The maximum absolute atomic E-state index is 16.7. The molecule has 3 aliphatic heterocycles. The van der Waals surface area contributed by atoms with Crippen LogP contribution in [0.15, 0.2) is 72.9 Å². The van der Waals surface area contributed by atoms with Gasteiger partial charge in [0, 0.05) is 59.9 Å². The molecule has 1 N–H and O–H groups in total. The number of aromatic nitrogens is 3. The van der Waals surface area contributed by atoms with Crippen LogP contribution in [0.4, 0.5) is 10.2 Å². The number of ether oxygens (including phenoxy) is 1. The zero-order valence-electron chi connectivity index (χ0n) is 24.4. The van der Waals surface area contributed by atoms with Crippen molar-refractivity contribution < 1.29 is 9.13 Å². The molecule has 3 fully saturated rings. The molecule has 5 aromatic rings. The first kappa shape index (κ1) is 27.7. The van der Waals surface area contributed by atoms with E-state index in [2.05, 4.69) is 44.4 Å². The van der Waals surface area contributed by atoms with Gasteiger partial charge in [0.15, 0.2) is 5.82 Å². The van der Waals surface area contributed by atoms with Crippen molar-refractivity contribution in [2.24, 2.45) is 0 Å². The van der Waals surface area contributed by atoms with Crippen LogP contribution >= 0.6 is 11.6 Å². The summed E-state index contributed by atoms with van der Waals surface area (Å²) in [5, 5.41) is 6.53. The Morgan fingerprint density at radius 1 is 0.932 bits per heavy atom. The van der Waals surface area contributed by atoms with Crippen molar-refractivity contribution >= 4 is 39.1 Å². The lowest BCUT2D eigenvalue weighted by Crippen LogP contribution is -2.51. The second kappa shape index (κ2) is 11.6. The number of anilines is 1. The van der Waals surface area contributed by atoms with Crippen LogP contribution < -0.4 is 15.0 Å². The second-order valence-electron chi connectivity index (χ2n) is 12.3. The van der Waals surface area contributed by atoms with Gasteiger partial charge in [0.05, 0.1) is 5.39 Å². The summed E-state index contributed by atoms with van der Waals surface area (Å²) in [6.45, 7) is 3.95. The number of nitrogens with zero attached hydrogens (tertiary/aromatic N) is 5. The average Bonchev–Trinajstić information content (AvgIpc) is 3.64. The molecule has 44 heavy (non-hydrogen) atoms. The van der Waals surface area contributed by atoms with Crippen LogP contribution in [0.1, 0.15) is 31.2 Å². The highest BCUT2D eigenvalue weighted by molar-refractivity contribution is 6.36. The summed E-state index contributed by atoms with van der Waals surface area (Å²) in [6, 6.07) is 23.2. The molecule has 0 saturated carbocycles. The van der Waals surface area contributed by atoms with E-state index in [-0.39, 0.29) is 23.3 Å². The Morgan fingerprint density at radius 3 is 2.55 bits per heavy atom. The number of rotatable bonds is 7. The smallest absolute Gasteiger partial charge is 0.319 e. The number of pyridine rings is 1. The number of halogens is 2. The molecule has 224 valence electrons. The SMILES string of the molecule is Fc1c(-c2cccc3cccc(Cl)c23)ncc2c(N3CC4CCC(C3)N4)nc(OC[C@@H]3CCCN3Cc3ccccc3)nc12. The monoisotopic (exact) mass is 608 g/mol. The molecule has 2 bridgehead atoms. The molecule has 5 heterocycles. The zero-order valence-corrected chi connectivity index (χ0v) is 25.2. The molecule has 0 radical (unpaired) electrons. The van der Waals surface area contributed by atoms with Gasteiger partial charge in [-0.3, -0.25) is 9.88 Å². The van der Waals surface area contributed by atoms with Crippen LogP contribution in [0.25, 0.3) is 32.9 Å². The fourth-order valence-corrected chi connectivity index (χ4v) is 7.54. The number of hydrogen-bond acceptors (Lipinski definition) is 7. The number of benzene rings is 3. The second-order valence-corrected chi connectivity index (χ2v) is 12.7. The van der Waals surface area contributed by atoms with Gasteiger partial charge < -0.3 is 15.0 Å². The molecule has 3 aromatic carbocycles. The maximum atomic E-state index is 16.7. The van der Waals surface area contributed by atoms with Crippen LogP contribution in [-0.4, -0.2) is 64.2 Å². The lowest BCUT2D eigenvalue weighted by molar-refractivity contribution is 0.160. The summed E-state index contributed by atoms with van der Waals surface area (Å²) in [7, 11) is 0. The molecule has 2 aromatic heterocycles. The highest BCUT2D eigenvalue weighted by atomic mass is 35.5. The van der Waals surface area contributed by atoms with Crippen molar-refractivity contribution in [3.63, 3.8) is 0 Å². The number of nitrogens with one attached hydrogen (secondary N) is 1. The van der Waals surface area contributed by atoms with Gasteiger partial charge in [-0.15, -0.1) is 0 Å². The first-order chi connectivity index (χ1) is 21.6. The minimum Gasteiger partial charge on any atom is -0.462 e. The van der Waals surface area contributed by atoms with Crippen molar-refractivity contribution in [2.45, 2.75) is 50.4 Å². The quantitative estimate of drug-likeness (QED) is 0.223. The fraction of sp³-hybridized carbons (Fsp3) is 0.343. The van der Waals surface area contributed by atoms with Crippen LogP contribution in [0.5, 0.6) is 6.01 Å². The minimum atomic E-state index is -0.493. The van der Waals surface area contributed by atoms with Gasteiger partial charge in [0.25, 0.3) is 0 Å². The third kappa shape index (κ3) is 5.15. The Morgan fingerprint density at radius 2 is 1.73 bits per heavy atom. The van der Waals surface area contributed by atoms with E-state index in [4.69, 9.17) is 26.3 Å². The van der Waals surface area contributed by atoms with E-state index in [0.717, 1.165) is 62.6 Å². The lowest BCUT2D eigenvalue weighted by atomic mass is 10.0. The Balaban J connectivity index is 1.17. The van der Waals surface area contributed by atoms with E-state index in [1.165, 1.54) is 5.56 Å². The predicted molar refractivity (Wildman–Crippen MR) is 173 cm³/mol. The van der Waals surface area contributed by atoms with Crippen LogP contribution in [-0.2, 0) is 6.54 Å². The maximum Gasteiger partial charge on any atom is 0.319 e. The largest absolute Gasteiger partial charge is 0.462 e. The number of piperazine rings is 1. The Kier molecular flexibility index (Phi) is 7.28. The molecular weight excluding hydrogens is 575 g/mol. The van der Waals surface area contributed by atoms with E-state index in [1.54, 1.807) is 6.20 Å². The normalized spacial score (nSPS) is 21.9. The van der Waals surface area contributed by atoms with Crippen molar-refractivity contribution in [1.29, 1.82) is 0 Å². The van der Waals surface area contributed by atoms with E-state index in [9.17, 15) is 0 Å². The Bertz CT molecular complexity index is 1820. The van der Waals surface area contributed by atoms with Crippen LogP contribution in [0.3, 0.4) is 0 Å². The number of likely N-dealkylation sites (tertiary alicyclic amines) is 1. The lowest BCUT2D eigenvalue weighted by Gasteiger charge is -2.34. The standard InChI is InChI=1S/C35H34ClFN6O/c36-29-13-5-10-23-9-4-12-27(30(23)29)32-31(37)33-28(17-38-32)34(43-19-24-14-15-25(20-43)39-24)41-35(40-33)44-21-26-11-6-16-42(26)18-22-7-2-1-3-8-22/h1-5,7-10,12-13,17,24-26,39H,6,11,14-16,18-21H2/t24?,25?,26-/m0/s1. The Hall–Kier alpha value is -3.85. The molecule has 0 amide bonds. The van der Waals surface area contributed by atoms with Crippen molar-refractivity contribution in [2.75, 3.05) is 31.1 Å². The van der Waals surface area contributed by atoms with Gasteiger partial charge in [-0.25, -0.2) is 4.39 Å². The van der Waals surface area contributed by atoms with E-state index < -0.39 is 5.82 Å². The predicted octanol–water partition coefficient (Wildman–Crippen LogP) is 6.62. The van der Waals surface area contributed by atoms with Gasteiger partial charge in [0.2, 0.25) is 0 Å². The first-order valence-corrected chi connectivity index (χ1v) is 15.9. The van der Waals surface area contributed by atoms with Crippen LogP contribution in [0, 0.1) is 5.82 Å². The van der Waals surface area contributed by atoms with Gasteiger partial charge in [-0.1, -0.05) is 72.3 Å². The summed E-state index contributed by atoms with van der Waals surface area (Å²) in [5.41, 5.74) is 2.36. The third-order valence-corrected chi connectivity index (χ3v) is 9.72. The summed E-state index contributed by atoms with van der Waals surface area (Å²) >= 11 is 6.62. The van der Waals surface area contributed by atoms with E-state index in [1.807, 2.05) is 42.5 Å². The van der Waals surface area contributed by atoms with Crippen molar-refractivity contribution in [3.05, 3.63) is 89.3 Å². The van der Waals surface area contributed by atoms with Crippen LogP contribution in [0.2, 0.25) is 5.02 Å². The topological polar surface area (TPSA) is 66.4 Å². The number of hydrogen-bond donors (Lipinski definition) is 1. The molecule has 7 nitrogen and oxygen atoms in total. The summed E-state index contributed by atoms with van der Waals surface area (Å²) < 4.78 is 23.0. The average molecular weight is 609 g/mol. The fourth-order valence-electron chi connectivity index (χ4n) is 7.26. The zero-order chi connectivity index (χ0) is 29.6. The highest BCUT2D eigenvalue weighted by Crippen LogP contribution is 2.38. The third-order valence-electron chi connectivity index (χ3n) is 9.40. The first-order valence-electron chi connectivity index (χ1n) is 15.6. The molecular formula is C35H34ClFN6O. The van der Waals surface area contributed by atoms with E-state index in [0.29, 0.717) is 40.5 Å². The molecule has 2 unspecified atom stereocenters. The van der Waals surface area contributed by atoms with Gasteiger partial charge >= 0.3 is 6.01 Å². The molecule has 3 aliphatic rings. The van der Waals surface area contributed by atoms with Crippen molar-refractivity contribution in [3.8, 4) is 17.3 Å². The Labute approximate surface area is 261 Å². The summed E-state index contributed by atoms with van der Waals surface area (Å²) in [4.78, 5) is 19.0. The van der Waals surface area contributed by atoms with Gasteiger partial charge in [-0.2, -0.15) is 9.97 Å².